The molecule has 0 bridgehead atoms. The maximum atomic E-state index is 12.3. The minimum absolute atomic E-state index is 0.177. The molecule has 1 aliphatic carbocycles. The minimum Gasteiger partial charge on any atom is -0.490 e. The first kappa shape index (κ1) is 18.1. The van der Waals surface area contributed by atoms with Crippen LogP contribution in [0.2, 0.25) is 5.02 Å². The summed E-state index contributed by atoms with van der Waals surface area (Å²) in [7, 11) is 0. The van der Waals surface area contributed by atoms with Crippen LogP contribution < -0.4 is 10.1 Å². The van der Waals surface area contributed by atoms with Gasteiger partial charge in [0.15, 0.2) is 0 Å². The third kappa shape index (κ3) is 5.40. The second kappa shape index (κ2) is 7.54. The van der Waals surface area contributed by atoms with Crippen LogP contribution in [-0.2, 0) is 0 Å². The number of rotatable bonds is 7. The van der Waals surface area contributed by atoms with Crippen LogP contribution >= 0.6 is 11.6 Å². The fourth-order valence-electron chi connectivity index (χ4n) is 2.72. The summed E-state index contributed by atoms with van der Waals surface area (Å²) in [6.45, 7) is 6.25. The average Bonchev–Trinajstić information content (AvgIpc) is 2.39. The molecule has 1 saturated carbocycles. The lowest BCUT2D eigenvalue weighted by molar-refractivity contribution is 0.0902. The summed E-state index contributed by atoms with van der Waals surface area (Å²) in [5, 5.41) is 12.8. The van der Waals surface area contributed by atoms with Gasteiger partial charge >= 0.3 is 0 Å². The van der Waals surface area contributed by atoms with E-state index >= 15 is 0 Å². The van der Waals surface area contributed by atoms with E-state index in [0.29, 0.717) is 29.3 Å². The Morgan fingerprint density at radius 2 is 2.17 bits per heavy atom. The van der Waals surface area contributed by atoms with Crippen molar-refractivity contribution in [2.45, 2.75) is 58.7 Å². The number of carbonyl (C=O) groups excluding carboxylic acids is 1. The monoisotopic (exact) mass is 339 g/mol. The molecule has 1 aromatic rings. The minimum atomic E-state index is -0.395. The maximum Gasteiger partial charge on any atom is 0.252 e. The van der Waals surface area contributed by atoms with Crippen LogP contribution in [0.4, 0.5) is 0 Å². The molecule has 4 nitrogen and oxygen atoms in total. The molecule has 128 valence electrons. The molecule has 0 heterocycles. The second-order valence-corrected chi connectivity index (χ2v) is 7.62. The first-order chi connectivity index (χ1) is 10.8. The van der Waals surface area contributed by atoms with Crippen LogP contribution in [-0.4, -0.2) is 29.8 Å². The molecule has 2 rings (SSSR count). The van der Waals surface area contributed by atoms with E-state index in [9.17, 15) is 9.90 Å². The van der Waals surface area contributed by atoms with Gasteiger partial charge in [-0.1, -0.05) is 25.4 Å². The van der Waals surface area contributed by atoms with Crippen LogP contribution in [0.3, 0.4) is 0 Å². The Hall–Kier alpha value is -1.26. The molecule has 1 atom stereocenters. The van der Waals surface area contributed by atoms with E-state index in [1.165, 1.54) is 6.42 Å². The summed E-state index contributed by atoms with van der Waals surface area (Å²) in [5.41, 5.74) is 0.268. The summed E-state index contributed by atoms with van der Waals surface area (Å²) < 4.78 is 5.78. The maximum absolute atomic E-state index is 12.3. The van der Waals surface area contributed by atoms with Crippen molar-refractivity contribution in [1.29, 1.82) is 0 Å². The van der Waals surface area contributed by atoms with Gasteiger partial charge in [0.2, 0.25) is 0 Å². The summed E-state index contributed by atoms with van der Waals surface area (Å²) in [5.74, 6) is 0.509. The highest BCUT2D eigenvalue weighted by molar-refractivity contribution is 6.34. The quantitative estimate of drug-likeness (QED) is 0.794. The summed E-state index contributed by atoms with van der Waals surface area (Å²) >= 11 is 6.22. The van der Waals surface area contributed by atoms with E-state index in [-0.39, 0.29) is 17.4 Å². The molecule has 2 N–H and O–H groups in total. The molecular formula is C18H26ClNO3. The topological polar surface area (TPSA) is 58.6 Å². The van der Waals surface area contributed by atoms with Gasteiger partial charge in [0, 0.05) is 6.54 Å². The van der Waals surface area contributed by atoms with Gasteiger partial charge in [-0.25, -0.2) is 0 Å². The van der Waals surface area contributed by atoms with Crippen molar-refractivity contribution in [2.75, 3.05) is 6.54 Å². The molecule has 1 amide bonds. The first-order valence-electron chi connectivity index (χ1n) is 8.19. The molecule has 1 aromatic carbocycles. The number of amides is 1. The van der Waals surface area contributed by atoms with Crippen molar-refractivity contribution in [1.82, 2.24) is 5.32 Å². The lowest BCUT2D eigenvalue weighted by Crippen LogP contribution is -2.35. The predicted octanol–water partition coefficient (Wildman–Crippen LogP) is 3.80. The Morgan fingerprint density at radius 3 is 2.70 bits per heavy atom. The highest BCUT2D eigenvalue weighted by Gasteiger charge is 2.23. The zero-order valence-corrected chi connectivity index (χ0v) is 14.8. The van der Waals surface area contributed by atoms with E-state index in [2.05, 4.69) is 5.32 Å². The molecule has 0 spiro atoms. The standard InChI is InChI=1S/C18H26ClNO3/c1-12(21)10-18(2,3)11-20-17(22)15-8-7-14(9-16(15)19)23-13-5-4-6-13/h7-9,12-13,21H,4-6,10-11H2,1-3H3,(H,20,22). The fourth-order valence-corrected chi connectivity index (χ4v) is 2.98. The normalized spacial score (nSPS) is 16.6. The van der Waals surface area contributed by atoms with Crippen molar-refractivity contribution in [2.24, 2.45) is 5.41 Å². The van der Waals surface area contributed by atoms with Crippen molar-refractivity contribution in [3.05, 3.63) is 28.8 Å². The average molecular weight is 340 g/mol. The van der Waals surface area contributed by atoms with Gasteiger partial charge in [0.05, 0.1) is 22.8 Å². The Kier molecular flexibility index (Phi) is 5.93. The lowest BCUT2D eigenvalue weighted by Gasteiger charge is -2.27. The third-order valence-corrected chi connectivity index (χ3v) is 4.43. The lowest BCUT2D eigenvalue weighted by atomic mass is 9.87. The number of aliphatic hydroxyl groups excluding tert-OH is 1. The van der Waals surface area contributed by atoms with Gasteiger partial charge in [-0.2, -0.15) is 0 Å². The number of nitrogens with one attached hydrogen (secondary N) is 1. The van der Waals surface area contributed by atoms with Gasteiger partial charge < -0.3 is 15.2 Å². The molecule has 1 fully saturated rings. The molecule has 0 radical (unpaired) electrons. The molecule has 0 aliphatic heterocycles. The Labute approximate surface area is 143 Å². The first-order valence-corrected chi connectivity index (χ1v) is 8.57. The van der Waals surface area contributed by atoms with Gasteiger partial charge in [0.25, 0.3) is 5.91 Å². The SMILES string of the molecule is CC(O)CC(C)(C)CNC(=O)c1ccc(OC2CCC2)cc1Cl. The van der Waals surface area contributed by atoms with Crippen molar-refractivity contribution >= 4 is 17.5 Å². The van der Waals surface area contributed by atoms with Gasteiger partial charge in [-0.15, -0.1) is 0 Å². The highest BCUT2D eigenvalue weighted by Crippen LogP contribution is 2.28. The Bertz CT molecular complexity index is 553. The summed E-state index contributed by atoms with van der Waals surface area (Å²) in [4.78, 5) is 12.3. The second-order valence-electron chi connectivity index (χ2n) is 7.21. The summed E-state index contributed by atoms with van der Waals surface area (Å²) in [6.07, 6.45) is 3.88. The zero-order chi connectivity index (χ0) is 17.0. The van der Waals surface area contributed by atoms with E-state index in [1.54, 1.807) is 25.1 Å². The van der Waals surface area contributed by atoms with Gasteiger partial charge in [0.1, 0.15) is 5.75 Å². The van der Waals surface area contributed by atoms with Crippen LogP contribution in [0, 0.1) is 5.41 Å². The Morgan fingerprint density at radius 1 is 1.48 bits per heavy atom. The molecule has 1 unspecified atom stereocenters. The molecule has 0 aromatic heterocycles. The van der Waals surface area contributed by atoms with E-state index < -0.39 is 6.10 Å². The largest absolute Gasteiger partial charge is 0.490 e. The molecule has 23 heavy (non-hydrogen) atoms. The zero-order valence-electron chi connectivity index (χ0n) is 14.1. The van der Waals surface area contributed by atoms with Crippen molar-refractivity contribution < 1.29 is 14.6 Å². The number of hydrogen-bond acceptors (Lipinski definition) is 3. The smallest absolute Gasteiger partial charge is 0.252 e. The fraction of sp³-hybridized carbons (Fsp3) is 0.611. The third-order valence-electron chi connectivity index (χ3n) is 4.12. The van der Waals surface area contributed by atoms with Gasteiger partial charge in [-0.3, -0.25) is 4.79 Å². The van der Waals surface area contributed by atoms with Crippen LogP contribution in [0.1, 0.15) is 56.8 Å². The van der Waals surface area contributed by atoms with E-state index in [0.717, 1.165) is 12.8 Å². The van der Waals surface area contributed by atoms with Crippen molar-refractivity contribution in [3.63, 3.8) is 0 Å². The molecule has 1 aliphatic rings. The van der Waals surface area contributed by atoms with E-state index in [1.807, 2.05) is 13.8 Å². The van der Waals surface area contributed by atoms with Crippen molar-refractivity contribution in [3.8, 4) is 5.75 Å². The van der Waals surface area contributed by atoms with Crippen LogP contribution in [0.5, 0.6) is 5.75 Å². The number of hydrogen-bond donors (Lipinski definition) is 2. The van der Waals surface area contributed by atoms with Gasteiger partial charge in [-0.05, 0) is 56.2 Å². The van der Waals surface area contributed by atoms with E-state index in [4.69, 9.17) is 16.3 Å². The number of carbonyl (C=O) groups is 1. The molecular weight excluding hydrogens is 314 g/mol. The Balaban J connectivity index is 1.93. The summed E-state index contributed by atoms with van der Waals surface area (Å²) in [6, 6.07) is 5.20. The number of halogens is 1. The number of benzene rings is 1. The van der Waals surface area contributed by atoms with Crippen LogP contribution in [0.25, 0.3) is 0 Å². The predicted molar refractivity (Wildman–Crippen MR) is 92.1 cm³/mol. The molecule has 0 saturated heterocycles. The number of ether oxygens (including phenoxy) is 1. The molecule has 5 heteroatoms. The van der Waals surface area contributed by atoms with Crippen LogP contribution in [0.15, 0.2) is 18.2 Å². The highest BCUT2D eigenvalue weighted by atomic mass is 35.5. The number of aliphatic hydroxyl groups is 1.